The Morgan fingerprint density at radius 2 is 1.15 bits per heavy atom. The zero-order chi connectivity index (χ0) is 21.8. The molecule has 0 saturated carbocycles. The molecular formula is C26H27N7. The first-order chi connectivity index (χ1) is 16.3. The van der Waals surface area contributed by atoms with Crippen molar-refractivity contribution in [2.45, 2.75) is 37.8 Å². The summed E-state index contributed by atoms with van der Waals surface area (Å²) in [4.78, 5) is 19.9. The number of benzene rings is 2. The summed E-state index contributed by atoms with van der Waals surface area (Å²) in [7, 11) is 0. The van der Waals surface area contributed by atoms with Gasteiger partial charge in [0.2, 0.25) is 0 Å². The van der Waals surface area contributed by atoms with Crippen LogP contribution in [0.2, 0.25) is 0 Å². The number of fused-ring (bicyclic) bond motifs is 3. The predicted molar refractivity (Wildman–Crippen MR) is 131 cm³/mol. The number of hydrogen-bond donors (Lipinski definition) is 5. The molecule has 5 heterocycles. The van der Waals surface area contributed by atoms with Gasteiger partial charge in [-0.25, -0.2) is 9.97 Å². The van der Waals surface area contributed by atoms with Crippen molar-refractivity contribution in [3.05, 3.63) is 60.4 Å². The smallest absolute Gasteiger partial charge is 0.123 e. The molecule has 2 fully saturated rings. The fraction of sp³-hybridized carbons (Fsp3) is 0.308. The van der Waals surface area contributed by atoms with E-state index in [4.69, 9.17) is 0 Å². The Morgan fingerprint density at radius 3 is 1.61 bits per heavy atom. The van der Waals surface area contributed by atoms with Crippen LogP contribution in [0.25, 0.3) is 44.3 Å². The average molecular weight is 438 g/mol. The number of aromatic nitrogens is 5. The molecule has 2 saturated heterocycles. The van der Waals surface area contributed by atoms with E-state index in [-0.39, 0.29) is 0 Å². The highest BCUT2D eigenvalue weighted by Crippen LogP contribution is 2.33. The number of H-pyrrole nitrogens is 3. The van der Waals surface area contributed by atoms with Crippen molar-refractivity contribution < 1.29 is 0 Å². The lowest BCUT2D eigenvalue weighted by Crippen LogP contribution is -2.14. The lowest BCUT2D eigenvalue weighted by Gasteiger charge is -2.05. The van der Waals surface area contributed by atoms with Crippen LogP contribution in [0.5, 0.6) is 0 Å². The molecule has 2 atom stereocenters. The number of nitrogens with one attached hydrogen (secondary N) is 5. The number of imidazole rings is 2. The maximum absolute atomic E-state index is 4.63. The largest absolute Gasteiger partial charge is 0.354 e. The van der Waals surface area contributed by atoms with Crippen LogP contribution in [0.3, 0.4) is 0 Å². The quantitative estimate of drug-likeness (QED) is 0.275. The minimum absolute atomic E-state index is 0.349. The Bertz CT molecular complexity index is 1340. The van der Waals surface area contributed by atoms with Crippen molar-refractivity contribution in [3.8, 4) is 22.5 Å². The van der Waals surface area contributed by atoms with E-state index in [1.807, 2.05) is 12.4 Å². The molecule has 2 unspecified atom stereocenters. The third-order valence-corrected chi connectivity index (χ3v) is 7.19. The van der Waals surface area contributed by atoms with Crippen LogP contribution in [-0.4, -0.2) is 38.0 Å². The van der Waals surface area contributed by atoms with Crippen LogP contribution < -0.4 is 10.6 Å². The summed E-state index contributed by atoms with van der Waals surface area (Å²) in [6.07, 6.45) is 8.61. The molecule has 0 spiro atoms. The molecule has 7 nitrogen and oxygen atoms in total. The van der Waals surface area contributed by atoms with Crippen molar-refractivity contribution in [3.63, 3.8) is 0 Å². The highest BCUT2D eigenvalue weighted by molar-refractivity contribution is 6.09. The Morgan fingerprint density at radius 1 is 0.636 bits per heavy atom. The van der Waals surface area contributed by atoms with Gasteiger partial charge in [0.1, 0.15) is 11.6 Å². The number of hydrogen-bond acceptors (Lipinski definition) is 4. The average Bonchev–Trinajstić information content (AvgIpc) is 3.68. The highest BCUT2D eigenvalue weighted by atomic mass is 15.0. The van der Waals surface area contributed by atoms with Crippen molar-refractivity contribution in [2.24, 2.45) is 0 Å². The second-order valence-electron chi connectivity index (χ2n) is 9.31. The maximum atomic E-state index is 4.63. The summed E-state index contributed by atoms with van der Waals surface area (Å²) >= 11 is 0. The summed E-state index contributed by atoms with van der Waals surface area (Å²) < 4.78 is 0. The van der Waals surface area contributed by atoms with Gasteiger partial charge in [0.15, 0.2) is 0 Å². The van der Waals surface area contributed by atoms with E-state index < -0.39 is 0 Å². The van der Waals surface area contributed by atoms with Gasteiger partial charge in [0.25, 0.3) is 0 Å². The van der Waals surface area contributed by atoms with Gasteiger partial charge < -0.3 is 25.6 Å². The van der Waals surface area contributed by atoms with Gasteiger partial charge in [-0.05, 0) is 50.9 Å². The summed E-state index contributed by atoms with van der Waals surface area (Å²) in [6.45, 7) is 2.14. The van der Waals surface area contributed by atoms with E-state index in [1.54, 1.807) is 0 Å². The number of nitrogens with zero attached hydrogens (tertiary/aromatic N) is 2. The first-order valence-corrected chi connectivity index (χ1v) is 11.9. The molecule has 7 rings (SSSR count). The molecule has 0 amide bonds. The summed E-state index contributed by atoms with van der Waals surface area (Å²) in [5.74, 6) is 2.08. The van der Waals surface area contributed by atoms with Crippen LogP contribution in [0.15, 0.2) is 48.8 Å². The molecule has 5 aromatic rings. The molecule has 5 N–H and O–H groups in total. The molecule has 7 heteroatoms. The van der Waals surface area contributed by atoms with Crippen LogP contribution >= 0.6 is 0 Å². The van der Waals surface area contributed by atoms with E-state index in [2.05, 4.69) is 72.0 Å². The molecule has 0 bridgehead atoms. The zero-order valence-electron chi connectivity index (χ0n) is 18.4. The van der Waals surface area contributed by atoms with Crippen molar-refractivity contribution in [1.29, 1.82) is 0 Å². The van der Waals surface area contributed by atoms with Crippen LogP contribution in [0.4, 0.5) is 0 Å². The molecule has 33 heavy (non-hydrogen) atoms. The van der Waals surface area contributed by atoms with Crippen LogP contribution in [0, 0.1) is 0 Å². The molecule has 3 aromatic heterocycles. The zero-order valence-corrected chi connectivity index (χ0v) is 18.4. The molecule has 0 aliphatic carbocycles. The third kappa shape index (κ3) is 3.27. The maximum Gasteiger partial charge on any atom is 0.123 e. The van der Waals surface area contributed by atoms with E-state index >= 15 is 0 Å². The molecule has 2 aromatic carbocycles. The van der Waals surface area contributed by atoms with Gasteiger partial charge in [-0.2, -0.15) is 0 Å². The van der Waals surface area contributed by atoms with Crippen molar-refractivity contribution in [2.75, 3.05) is 13.1 Å². The van der Waals surface area contributed by atoms with Crippen molar-refractivity contribution >= 4 is 21.8 Å². The topological polar surface area (TPSA) is 97.2 Å². The Hall–Kier alpha value is -3.42. The normalized spacial score (nSPS) is 21.0. The van der Waals surface area contributed by atoms with Gasteiger partial charge in [-0.1, -0.05) is 24.3 Å². The fourth-order valence-electron chi connectivity index (χ4n) is 5.40. The van der Waals surface area contributed by atoms with E-state index in [1.165, 1.54) is 23.6 Å². The van der Waals surface area contributed by atoms with Gasteiger partial charge in [-0.3, -0.25) is 0 Å². The highest BCUT2D eigenvalue weighted by Gasteiger charge is 2.20. The Labute approximate surface area is 191 Å². The van der Waals surface area contributed by atoms with Gasteiger partial charge in [-0.15, -0.1) is 0 Å². The monoisotopic (exact) mass is 437 g/mol. The van der Waals surface area contributed by atoms with Crippen molar-refractivity contribution in [1.82, 2.24) is 35.6 Å². The van der Waals surface area contributed by atoms with Gasteiger partial charge in [0, 0.05) is 32.9 Å². The lowest BCUT2D eigenvalue weighted by molar-refractivity contribution is 0.613. The Kier molecular flexibility index (Phi) is 4.38. The molecule has 166 valence electrons. The summed E-state index contributed by atoms with van der Waals surface area (Å²) in [5.41, 5.74) is 6.68. The summed E-state index contributed by atoms with van der Waals surface area (Å²) in [5, 5.41) is 9.49. The predicted octanol–water partition coefficient (Wildman–Crippen LogP) is 4.95. The number of rotatable bonds is 4. The van der Waals surface area contributed by atoms with Crippen LogP contribution in [0.1, 0.15) is 49.4 Å². The van der Waals surface area contributed by atoms with E-state index in [0.29, 0.717) is 12.1 Å². The molecule has 2 aliphatic heterocycles. The second-order valence-corrected chi connectivity index (χ2v) is 9.31. The molecular weight excluding hydrogens is 410 g/mol. The SMILES string of the molecule is c1cc2c(cc1-c1cnc(C3CCCN3)[nH]1)[nH]c1cc(-c3cnc(C4CCCN4)[nH]3)ccc12. The number of aromatic amines is 3. The fourth-order valence-corrected chi connectivity index (χ4v) is 5.40. The third-order valence-electron chi connectivity index (χ3n) is 7.19. The summed E-state index contributed by atoms with van der Waals surface area (Å²) in [6, 6.07) is 13.9. The molecule has 0 radical (unpaired) electrons. The van der Waals surface area contributed by atoms with E-state index in [0.717, 1.165) is 71.1 Å². The minimum Gasteiger partial charge on any atom is -0.354 e. The lowest BCUT2D eigenvalue weighted by atomic mass is 10.1. The standard InChI is InChI=1S/C26H27N7/c1-3-19(27-9-1)25-29-13-23(32-25)15-5-7-17-18-8-6-16(12-22(18)31-21(17)11-15)24-14-30-26(33-24)20-4-2-10-28-20/h5-8,11-14,19-20,27-28,31H,1-4,9-10H2,(H,29,32)(H,30,33). The second kappa shape index (κ2) is 7.57. The van der Waals surface area contributed by atoms with E-state index in [9.17, 15) is 0 Å². The minimum atomic E-state index is 0.349. The first kappa shape index (κ1) is 19.1. The Balaban J connectivity index is 1.22. The van der Waals surface area contributed by atoms with Gasteiger partial charge >= 0.3 is 0 Å². The van der Waals surface area contributed by atoms with Crippen LogP contribution in [-0.2, 0) is 0 Å². The van der Waals surface area contributed by atoms with Gasteiger partial charge in [0.05, 0.1) is 35.9 Å². The first-order valence-electron chi connectivity index (χ1n) is 11.9. The molecule has 2 aliphatic rings.